The molecule has 162 valence electrons. The van der Waals surface area contributed by atoms with Gasteiger partial charge in [-0.2, -0.15) is 5.10 Å². The van der Waals surface area contributed by atoms with E-state index in [0.717, 1.165) is 50.4 Å². The first-order chi connectivity index (χ1) is 16.8. The normalized spacial score (nSPS) is 11.1. The molecular formula is C29H19ClN4. The highest BCUT2D eigenvalue weighted by atomic mass is 35.5. The van der Waals surface area contributed by atoms with Crippen molar-refractivity contribution in [2.75, 3.05) is 0 Å². The maximum Gasteiger partial charge on any atom is 0.124 e. The minimum absolute atomic E-state index is 0.681. The molecule has 0 fully saturated rings. The zero-order valence-electron chi connectivity index (χ0n) is 18.1. The van der Waals surface area contributed by atoms with E-state index in [4.69, 9.17) is 21.8 Å². The lowest BCUT2D eigenvalue weighted by atomic mass is 10.0. The van der Waals surface area contributed by atoms with Crippen LogP contribution in [0.1, 0.15) is 0 Å². The lowest BCUT2D eigenvalue weighted by Crippen LogP contribution is -1.99. The Bertz CT molecular complexity index is 1580. The van der Waals surface area contributed by atoms with Crippen LogP contribution in [0.2, 0.25) is 5.02 Å². The van der Waals surface area contributed by atoms with Crippen molar-refractivity contribution in [2.24, 2.45) is 0 Å². The molecule has 0 aliphatic rings. The van der Waals surface area contributed by atoms with E-state index in [0.29, 0.717) is 5.02 Å². The monoisotopic (exact) mass is 458 g/mol. The van der Waals surface area contributed by atoms with Crippen LogP contribution >= 0.6 is 11.6 Å². The largest absolute Gasteiger partial charge is 0.232 e. The Labute approximate surface area is 202 Å². The summed E-state index contributed by atoms with van der Waals surface area (Å²) in [6, 6.07) is 38.2. The molecule has 0 atom stereocenters. The van der Waals surface area contributed by atoms with Crippen LogP contribution in [0.15, 0.2) is 115 Å². The van der Waals surface area contributed by atoms with E-state index >= 15 is 0 Å². The number of fused-ring (bicyclic) bond motifs is 1. The summed E-state index contributed by atoms with van der Waals surface area (Å²) in [5.74, 6) is 0. The Morgan fingerprint density at radius 1 is 0.529 bits per heavy atom. The summed E-state index contributed by atoms with van der Waals surface area (Å²) in [5, 5.41) is 16.2. The predicted octanol–water partition coefficient (Wildman–Crippen LogP) is 7.47. The molecule has 6 aromatic rings. The molecule has 4 nitrogen and oxygen atoms in total. The second-order valence-corrected chi connectivity index (χ2v) is 8.39. The predicted molar refractivity (Wildman–Crippen MR) is 138 cm³/mol. The van der Waals surface area contributed by atoms with Gasteiger partial charge in [0, 0.05) is 21.7 Å². The molecule has 0 unspecified atom stereocenters. The number of rotatable bonds is 4. The molecule has 0 N–H and O–H groups in total. The van der Waals surface area contributed by atoms with Gasteiger partial charge >= 0.3 is 0 Å². The molecule has 0 saturated heterocycles. The lowest BCUT2D eigenvalue weighted by molar-refractivity contribution is 0.903. The highest BCUT2D eigenvalue weighted by molar-refractivity contribution is 6.30. The fourth-order valence-corrected chi connectivity index (χ4v) is 4.35. The van der Waals surface area contributed by atoms with Crippen molar-refractivity contribution in [3.63, 3.8) is 0 Å². The van der Waals surface area contributed by atoms with Crippen molar-refractivity contribution < 1.29 is 0 Å². The second kappa shape index (κ2) is 8.58. The topological polar surface area (TPSA) is 43.6 Å². The van der Waals surface area contributed by atoms with E-state index in [9.17, 15) is 0 Å². The van der Waals surface area contributed by atoms with Gasteiger partial charge in [0.15, 0.2) is 0 Å². The summed E-state index contributed by atoms with van der Waals surface area (Å²) < 4.78 is 1.97. The number of hydrogen-bond acceptors (Lipinski definition) is 3. The van der Waals surface area contributed by atoms with E-state index in [1.807, 2.05) is 95.7 Å². The van der Waals surface area contributed by atoms with Crippen LogP contribution in [-0.4, -0.2) is 20.0 Å². The third-order valence-electron chi connectivity index (χ3n) is 5.81. The van der Waals surface area contributed by atoms with E-state index in [2.05, 4.69) is 29.4 Å². The second-order valence-electron chi connectivity index (χ2n) is 7.96. The van der Waals surface area contributed by atoms with Crippen LogP contribution in [0.3, 0.4) is 0 Å². The number of aromatic nitrogens is 4. The number of nitrogens with zero attached hydrogens (tertiary/aromatic N) is 4. The molecule has 2 heterocycles. The van der Waals surface area contributed by atoms with Gasteiger partial charge in [0.2, 0.25) is 0 Å². The van der Waals surface area contributed by atoms with Gasteiger partial charge in [0.25, 0.3) is 0 Å². The SMILES string of the molecule is Clc1ccc(-n2nc3c(-c4ccccc4)nnc(-c4ccccc4)c3c2-c2ccccc2)cc1. The standard InChI is InChI=1S/C29H19ClN4/c30-23-16-18-24(19-17-23)34-29(22-14-8-3-9-15-22)25-26(20-10-4-1-5-11-20)31-32-27(28(25)33-34)21-12-6-2-7-13-21/h1-19H. The van der Waals surface area contributed by atoms with Crippen LogP contribution < -0.4 is 0 Å². The third kappa shape index (κ3) is 3.54. The van der Waals surface area contributed by atoms with Crippen LogP contribution in [-0.2, 0) is 0 Å². The molecule has 4 aromatic carbocycles. The van der Waals surface area contributed by atoms with Gasteiger partial charge in [0.1, 0.15) is 16.9 Å². The van der Waals surface area contributed by atoms with Crippen LogP contribution in [0.25, 0.3) is 50.4 Å². The van der Waals surface area contributed by atoms with Gasteiger partial charge in [-0.1, -0.05) is 103 Å². The summed E-state index contributed by atoms with van der Waals surface area (Å²) >= 11 is 6.20. The van der Waals surface area contributed by atoms with Crippen LogP contribution in [0.5, 0.6) is 0 Å². The molecule has 2 aromatic heterocycles. The molecule has 0 aliphatic carbocycles. The molecular weight excluding hydrogens is 440 g/mol. The molecule has 0 amide bonds. The number of halogens is 1. The molecule has 6 rings (SSSR count). The highest BCUT2D eigenvalue weighted by Gasteiger charge is 2.23. The average Bonchev–Trinajstić information content (AvgIpc) is 3.31. The summed E-state index contributed by atoms with van der Waals surface area (Å²) in [6.45, 7) is 0. The van der Waals surface area contributed by atoms with Crippen molar-refractivity contribution in [1.29, 1.82) is 0 Å². The minimum atomic E-state index is 0.681. The quantitative estimate of drug-likeness (QED) is 0.275. The van der Waals surface area contributed by atoms with Gasteiger partial charge in [0.05, 0.1) is 16.8 Å². The summed E-state index contributed by atoms with van der Waals surface area (Å²) in [6.07, 6.45) is 0. The molecule has 0 aliphatic heterocycles. The first-order valence-electron chi connectivity index (χ1n) is 11.0. The zero-order chi connectivity index (χ0) is 22.9. The van der Waals surface area contributed by atoms with Crippen molar-refractivity contribution in [2.45, 2.75) is 0 Å². The Morgan fingerprint density at radius 3 is 1.62 bits per heavy atom. The average molecular weight is 459 g/mol. The number of benzene rings is 4. The van der Waals surface area contributed by atoms with Crippen molar-refractivity contribution in [1.82, 2.24) is 20.0 Å². The Hall–Kier alpha value is -4.28. The van der Waals surface area contributed by atoms with Crippen molar-refractivity contribution in [3.05, 3.63) is 120 Å². The molecule has 0 bridgehead atoms. The fraction of sp³-hybridized carbons (Fsp3) is 0. The van der Waals surface area contributed by atoms with Gasteiger partial charge < -0.3 is 0 Å². The molecule has 34 heavy (non-hydrogen) atoms. The van der Waals surface area contributed by atoms with Gasteiger partial charge in [-0.3, -0.25) is 0 Å². The summed E-state index contributed by atoms with van der Waals surface area (Å²) in [5.41, 5.74) is 7.24. The van der Waals surface area contributed by atoms with E-state index < -0.39 is 0 Å². The highest BCUT2D eigenvalue weighted by Crippen LogP contribution is 2.39. The molecule has 0 spiro atoms. The minimum Gasteiger partial charge on any atom is -0.232 e. The third-order valence-corrected chi connectivity index (χ3v) is 6.06. The van der Waals surface area contributed by atoms with Gasteiger partial charge in [-0.05, 0) is 24.3 Å². The van der Waals surface area contributed by atoms with E-state index in [-0.39, 0.29) is 0 Å². The van der Waals surface area contributed by atoms with Crippen LogP contribution in [0.4, 0.5) is 0 Å². The van der Waals surface area contributed by atoms with Crippen LogP contribution in [0, 0.1) is 0 Å². The Balaban J connectivity index is 1.77. The summed E-state index contributed by atoms with van der Waals surface area (Å²) in [7, 11) is 0. The maximum atomic E-state index is 6.20. The van der Waals surface area contributed by atoms with Crippen molar-refractivity contribution >= 4 is 22.5 Å². The Kier molecular flexibility index (Phi) is 5.13. The molecule has 0 radical (unpaired) electrons. The van der Waals surface area contributed by atoms with Crippen molar-refractivity contribution in [3.8, 4) is 39.5 Å². The number of hydrogen-bond donors (Lipinski definition) is 0. The van der Waals surface area contributed by atoms with Gasteiger partial charge in [-0.25, -0.2) is 4.68 Å². The first kappa shape index (κ1) is 20.3. The van der Waals surface area contributed by atoms with Gasteiger partial charge in [-0.15, -0.1) is 10.2 Å². The van der Waals surface area contributed by atoms with E-state index in [1.54, 1.807) is 0 Å². The first-order valence-corrected chi connectivity index (χ1v) is 11.4. The zero-order valence-corrected chi connectivity index (χ0v) is 18.9. The molecule has 5 heteroatoms. The Morgan fingerprint density at radius 2 is 1.03 bits per heavy atom. The lowest BCUT2D eigenvalue weighted by Gasteiger charge is -2.10. The smallest absolute Gasteiger partial charge is 0.124 e. The summed E-state index contributed by atoms with van der Waals surface area (Å²) in [4.78, 5) is 0. The molecule has 0 saturated carbocycles. The van der Waals surface area contributed by atoms with E-state index in [1.165, 1.54) is 0 Å². The maximum absolute atomic E-state index is 6.20. The fourth-order valence-electron chi connectivity index (χ4n) is 4.23.